The minimum Gasteiger partial charge on any atom is -0.314 e. The average molecular weight is 220 g/mol. The smallest absolute Gasteiger partial charge is 0.0837 e. The molecule has 0 saturated heterocycles. The van der Waals surface area contributed by atoms with Crippen molar-refractivity contribution in [1.29, 1.82) is 5.26 Å². The molecule has 15 heavy (non-hydrogen) atoms. The number of hydrogen-bond acceptors (Lipinski definition) is 3. The Morgan fingerprint density at radius 3 is 2.73 bits per heavy atom. The maximum atomic E-state index is 9.04. The van der Waals surface area contributed by atoms with E-state index in [2.05, 4.69) is 17.6 Å². The second-order valence-corrected chi connectivity index (χ2v) is 4.27. The molecule has 0 bridgehead atoms. The SMILES string of the molecule is CSCCNCC(C#N)c1ccccc1. The zero-order valence-electron chi connectivity index (χ0n) is 8.94. The molecule has 2 nitrogen and oxygen atoms in total. The van der Waals surface area contributed by atoms with Crippen molar-refractivity contribution >= 4 is 11.8 Å². The Morgan fingerprint density at radius 2 is 2.13 bits per heavy atom. The summed E-state index contributed by atoms with van der Waals surface area (Å²) in [5, 5.41) is 12.3. The monoisotopic (exact) mass is 220 g/mol. The van der Waals surface area contributed by atoms with Crippen LogP contribution in [-0.4, -0.2) is 25.1 Å². The van der Waals surface area contributed by atoms with Crippen LogP contribution in [0.4, 0.5) is 0 Å². The van der Waals surface area contributed by atoms with Gasteiger partial charge in [-0.05, 0) is 11.8 Å². The molecule has 1 aromatic carbocycles. The van der Waals surface area contributed by atoms with E-state index in [1.54, 1.807) is 0 Å². The number of hydrogen-bond donors (Lipinski definition) is 1. The van der Waals surface area contributed by atoms with Crippen LogP contribution in [0.2, 0.25) is 0 Å². The zero-order chi connectivity index (χ0) is 10.9. The topological polar surface area (TPSA) is 35.8 Å². The van der Waals surface area contributed by atoms with Gasteiger partial charge in [-0.2, -0.15) is 17.0 Å². The maximum Gasteiger partial charge on any atom is 0.0837 e. The molecule has 1 N–H and O–H groups in total. The van der Waals surface area contributed by atoms with E-state index in [9.17, 15) is 0 Å². The van der Waals surface area contributed by atoms with Gasteiger partial charge in [0, 0.05) is 18.8 Å². The second-order valence-electron chi connectivity index (χ2n) is 3.29. The van der Waals surface area contributed by atoms with Gasteiger partial charge in [0.05, 0.1) is 12.0 Å². The lowest BCUT2D eigenvalue weighted by Crippen LogP contribution is -2.23. The lowest BCUT2D eigenvalue weighted by atomic mass is 10.0. The molecule has 0 saturated carbocycles. The van der Waals surface area contributed by atoms with Gasteiger partial charge in [0.2, 0.25) is 0 Å². The fourth-order valence-electron chi connectivity index (χ4n) is 1.34. The zero-order valence-corrected chi connectivity index (χ0v) is 9.76. The molecule has 0 heterocycles. The Hall–Kier alpha value is -0.980. The molecule has 1 unspecified atom stereocenters. The molecule has 80 valence electrons. The van der Waals surface area contributed by atoms with Crippen molar-refractivity contribution in [2.24, 2.45) is 0 Å². The number of benzene rings is 1. The molecule has 1 rings (SSSR count). The maximum absolute atomic E-state index is 9.04. The molecule has 3 heteroatoms. The van der Waals surface area contributed by atoms with Crippen LogP contribution in [0.3, 0.4) is 0 Å². The van der Waals surface area contributed by atoms with Crippen molar-refractivity contribution < 1.29 is 0 Å². The largest absolute Gasteiger partial charge is 0.314 e. The van der Waals surface area contributed by atoms with Crippen molar-refractivity contribution in [2.75, 3.05) is 25.1 Å². The van der Waals surface area contributed by atoms with Crippen molar-refractivity contribution in [3.8, 4) is 6.07 Å². The third-order valence-corrected chi connectivity index (χ3v) is 2.80. The Labute approximate surface area is 95.7 Å². The van der Waals surface area contributed by atoms with E-state index in [0.29, 0.717) is 0 Å². The number of thioether (sulfide) groups is 1. The molecular weight excluding hydrogens is 204 g/mol. The number of nitrogens with one attached hydrogen (secondary N) is 1. The molecule has 0 aliphatic carbocycles. The van der Waals surface area contributed by atoms with Gasteiger partial charge < -0.3 is 5.32 Å². The summed E-state index contributed by atoms with van der Waals surface area (Å²) in [6.45, 7) is 1.70. The molecule has 0 aliphatic heterocycles. The highest BCUT2D eigenvalue weighted by Gasteiger charge is 2.08. The van der Waals surface area contributed by atoms with Gasteiger partial charge in [0.25, 0.3) is 0 Å². The van der Waals surface area contributed by atoms with Gasteiger partial charge >= 0.3 is 0 Å². The molecule has 0 aromatic heterocycles. The van der Waals surface area contributed by atoms with Crippen LogP contribution >= 0.6 is 11.8 Å². The fourth-order valence-corrected chi connectivity index (χ4v) is 1.69. The van der Waals surface area contributed by atoms with E-state index in [0.717, 1.165) is 24.4 Å². The Bertz CT molecular complexity index is 305. The third kappa shape index (κ3) is 4.37. The molecule has 0 radical (unpaired) electrons. The minimum atomic E-state index is -0.0342. The van der Waals surface area contributed by atoms with Crippen LogP contribution in [-0.2, 0) is 0 Å². The molecule has 0 amide bonds. The lowest BCUT2D eigenvalue weighted by Gasteiger charge is -2.10. The normalized spacial score (nSPS) is 12.0. The summed E-state index contributed by atoms with van der Waals surface area (Å²) in [5.41, 5.74) is 1.09. The minimum absolute atomic E-state index is 0.0342. The van der Waals surface area contributed by atoms with Crippen LogP contribution in [0, 0.1) is 11.3 Å². The molecular formula is C12H16N2S. The van der Waals surface area contributed by atoms with E-state index in [4.69, 9.17) is 5.26 Å². The molecule has 0 fully saturated rings. The summed E-state index contributed by atoms with van der Waals surface area (Å²) in [6.07, 6.45) is 2.08. The Morgan fingerprint density at radius 1 is 1.40 bits per heavy atom. The molecule has 1 aromatic rings. The number of nitriles is 1. The van der Waals surface area contributed by atoms with Crippen molar-refractivity contribution in [3.05, 3.63) is 35.9 Å². The standard InChI is InChI=1S/C12H16N2S/c1-15-8-7-14-10-12(9-13)11-5-3-2-4-6-11/h2-6,12,14H,7-8,10H2,1H3. The van der Waals surface area contributed by atoms with Crippen molar-refractivity contribution in [2.45, 2.75) is 5.92 Å². The van der Waals surface area contributed by atoms with E-state index in [1.165, 1.54) is 0 Å². The van der Waals surface area contributed by atoms with Gasteiger partial charge in [-0.1, -0.05) is 30.3 Å². The average Bonchev–Trinajstić information content (AvgIpc) is 2.30. The van der Waals surface area contributed by atoms with Crippen molar-refractivity contribution in [3.63, 3.8) is 0 Å². The Balaban J connectivity index is 2.41. The summed E-state index contributed by atoms with van der Waals surface area (Å²) in [5.74, 6) is 1.06. The van der Waals surface area contributed by atoms with Crippen LogP contribution in [0.5, 0.6) is 0 Å². The summed E-state index contributed by atoms with van der Waals surface area (Å²) < 4.78 is 0. The Kier molecular flexibility index (Phi) is 5.91. The van der Waals surface area contributed by atoms with E-state index in [-0.39, 0.29) is 5.92 Å². The summed E-state index contributed by atoms with van der Waals surface area (Å²) in [7, 11) is 0. The van der Waals surface area contributed by atoms with Crippen LogP contribution in [0.25, 0.3) is 0 Å². The highest BCUT2D eigenvalue weighted by atomic mass is 32.2. The van der Waals surface area contributed by atoms with E-state index >= 15 is 0 Å². The lowest BCUT2D eigenvalue weighted by molar-refractivity contribution is 0.680. The van der Waals surface area contributed by atoms with Gasteiger partial charge in [0.15, 0.2) is 0 Å². The van der Waals surface area contributed by atoms with Crippen LogP contribution in [0.15, 0.2) is 30.3 Å². The fraction of sp³-hybridized carbons (Fsp3) is 0.417. The first-order valence-corrected chi connectivity index (χ1v) is 6.42. The molecule has 0 aliphatic rings. The van der Waals surface area contributed by atoms with Gasteiger partial charge in [0.1, 0.15) is 0 Å². The summed E-state index contributed by atoms with van der Waals surface area (Å²) in [4.78, 5) is 0. The number of nitrogens with zero attached hydrogens (tertiary/aromatic N) is 1. The second kappa shape index (κ2) is 7.33. The predicted octanol–water partition coefficient (Wildman–Crippen LogP) is 2.25. The van der Waals surface area contributed by atoms with E-state index < -0.39 is 0 Å². The van der Waals surface area contributed by atoms with E-state index in [1.807, 2.05) is 42.1 Å². The molecule has 0 spiro atoms. The van der Waals surface area contributed by atoms with Crippen LogP contribution in [0.1, 0.15) is 11.5 Å². The highest BCUT2D eigenvalue weighted by molar-refractivity contribution is 7.98. The first kappa shape index (κ1) is 12.1. The summed E-state index contributed by atoms with van der Waals surface area (Å²) in [6, 6.07) is 12.3. The molecule has 1 atom stereocenters. The third-order valence-electron chi connectivity index (χ3n) is 2.19. The van der Waals surface area contributed by atoms with Crippen LogP contribution < -0.4 is 5.32 Å². The highest BCUT2D eigenvalue weighted by Crippen LogP contribution is 2.12. The van der Waals surface area contributed by atoms with Crippen molar-refractivity contribution in [1.82, 2.24) is 5.32 Å². The van der Waals surface area contributed by atoms with Gasteiger partial charge in [-0.3, -0.25) is 0 Å². The quantitative estimate of drug-likeness (QED) is 0.747. The summed E-state index contributed by atoms with van der Waals surface area (Å²) >= 11 is 1.81. The predicted molar refractivity (Wildman–Crippen MR) is 66.0 cm³/mol. The number of rotatable bonds is 6. The van der Waals surface area contributed by atoms with Gasteiger partial charge in [-0.15, -0.1) is 0 Å². The van der Waals surface area contributed by atoms with Gasteiger partial charge in [-0.25, -0.2) is 0 Å². The first-order valence-electron chi connectivity index (χ1n) is 5.02. The first-order chi connectivity index (χ1) is 7.38.